The molecule has 0 unspecified atom stereocenters. The van der Waals surface area contributed by atoms with Gasteiger partial charge in [0, 0.05) is 41.2 Å². The van der Waals surface area contributed by atoms with Crippen LogP contribution in [-0.4, -0.2) is 50.7 Å². The standard InChI is InChI=1S/C24H30N6O/c1-23(2)12-17(13-24(3,4)29-23)30(5)22(27)9-8-19(26)18-10-15-6-7-16(14-25)28-20(15)11-21(18)31/h6-11,17,26-27,29,31H,12-13H2,1-5H3/b9-8-,26-19?,27-22?. The van der Waals surface area contributed by atoms with E-state index in [9.17, 15) is 5.11 Å². The zero-order valence-electron chi connectivity index (χ0n) is 18.7. The van der Waals surface area contributed by atoms with Crippen molar-refractivity contribution in [3.8, 4) is 11.8 Å². The van der Waals surface area contributed by atoms with E-state index in [0.29, 0.717) is 16.9 Å². The third-order valence-electron chi connectivity index (χ3n) is 5.72. The number of fused-ring (bicyclic) bond motifs is 1. The van der Waals surface area contributed by atoms with Crippen molar-refractivity contribution in [3.63, 3.8) is 0 Å². The summed E-state index contributed by atoms with van der Waals surface area (Å²) in [6.07, 6.45) is 4.98. The first-order valence-electron chi connectivity index (χ1n) is 10.3. The van der Waals surface area contributed by atoms with Gasteiger partial charge < -0.3 is 20.7 Å². The molecule has 0 atom stereocenters. The monoisotopic (exact) mass is 418 g/mol. The molecule has 1 saturated heterocycles. The Kier molecular flexibility index (Phi) is 5.88. The number of hydrogen-bond donors (Lipinski definition) is 4. The van der Waals surface area contributed by atoms with Crippen LogP contribution in [0.15, 0.2) is 36.4 Å². The fourth-order valence-corrected chi connectivity index (χ4v) is 4.55. The molecule has 2 heterocycles. The van der Waals surface area contributed by atoms with Gasteiger partial charge in [-0.3, -0.25) is 5.41 Å². The van der Waals surface area contributed by atoms with E-state index in [2.05, 4.69) is 38.0 Å². The Morgan fingerprint density at radius 1 is 1.19 bits per heavy atom. The molecular weight excluding hydrogens is 388 g/mol. The SMILES string of the molecule is CN(C(=N)/C=C\C(=N)c1cc2ccc(C#N)nc2cc1O)C1CC(C)(C)NC(C)(C)C1. The van der Waals surface area contributed by atoms with Crippen LogP contribution in [0.2, 0.25) is 0 Å². The summed E-state index contributed by atoms with van der Waals surface area (Å²) in [6.45, 7) is 8.73. The minimum atomic E-state index is -0.0773. The molecule has 4 N–H and O–H groups in total. The molecule has 1 aliphatic rings. The number of allylic oxidation sites excluding steroid dienone is 1. The van der Waals surface area contributed by atoms with Gasteiger partial charge in [0.25, 0.3) is 0 Å². The lowest BCUT2D eigenvalue weighted by Crippen LogP contribution is -2.62. The quantitative estimate of drug-likeness (QED) is 0.443. The Labute approximate surface area is 183 Å². The number of aromatic nitrogens is 1. The van der Waals surface area contributed by atoms with E-state index in [1.165, 1.54) is 12.1 Å². The summed E-state index contributed by atoms with van der Waals surface area (Å²) < 4.78 is 0. The second-order valence-electron chi connectivity index (χ2n) is 9.57. The number of benzene rings is 1. The number of piperidine rings is 1. The van der Waals surface area contributed by atoms with E-state index >= 15 is 0 Å². The number of hydrogen-bond acceptors (Lipinski definition) is 6. The fraction of sp³-hybridized carbons (Fsp3) is 0.417. The highest BCUT2D eigenvalue weighted by molar-refractivity contribution is 6.12. The Morgan fingerprint density at radius 3 is 2.45 bits per heavy atom. The smallest absolute Gasteiger partial charge is 0.141 e. The molecule has 0 spiro atoms. The van der Waals surface area contributed by atoms with Crippen LogP contribution in [0, 0.1) is 22.1 Å². The molecule has 1 aromatic carbocycles. The average Bonchev–Trinajstić information content (AvgIpc) is 2.67. The maximum absolute atomic E-state index is 10.4. The maximum Gasteiger partial charge on any atom is 0.141 e. The number of nitriles is 1. The van der Waals surface area contributed by atoms with E-state index in [1.54, 1.807) is 24.3 Å². The maximum atomic E-state index is 10.4. The predicted octanol–water partition coefficient (Wildman–Crippen LogP) is 3.95. The molecule has 0 aliphatic carbocycles. The number of rotatable bonds is 4. The number of phenolic OH excluding ortho intramolecular Hbond substituents is 1. The lowest BCUT2D eigenvalue weighted by Gasteiger charge is -2.49. The van der Waals surface area contributed by atoms with Crippen molar-refractivity contribution in [2.75, 3.05) is 7.05 Å². The highest BCUT2D eigenvalue weighted by Crippen LogP contribution is 2.31. The van der Waals surface area contributed by atoms with Crippen LogP contribution in [0.4, 0.5) is 0 Å². The molecule has 0 radical (unpaired) electrons. The van der Waals surface area contributed by atoms with Crippen LogP contribution >= 0.6 is 0 Å². The van der Waals surface area contributed by atoms with Crippen LogP contribution in [0.25, 0.3) is 10.9 Å². The van der Waals surface area contributed by atoms with E-state index in [4.69, 9.17) is 16.1 Å². The Morgan fingerprint density at radius 2 is 1.84 bits per heavy atom. The van der Waals surface area contributed by atoms with Crippen LogP contribution in [-0.2, 0) is 0 Å². The molecule has 1 aromatic heterocycles. The summed E-state index contributed by atoms with van der Waals surface area (Å²) in [7, 11) is 1.92. The predicted molar refractivity (Wildman–Crippen MR) is 124 cm³/mol. The summed E-state index contributed by atoms with van der Waals surface area (Å²) in [4.78, 5) is 6.13. The van der Waals surface area contributed by atoms with E-state index in [0.717, 1.165) is 18.2 Å². The zero-order chi connectivity index (χ0) is 23.0. The van der Waals surface area contributed by atoms with Gasteiger partial charge in [0.05, 0.1) is 11.2 Å². The molecule has 162 valence electrons. The highest BCUT2D eigenvalue weighted by Gasteiger charge is 2.39. The lowest BCUT2D eigenvalue weighted by atomic mass is 9.79. The van der Waals surface area contributed by atoms with Crippen LogP contribution in [0.3, 0.4) is 0 Å². The van der Waals surface area contributed by atoms with Crippen LogP contribution < -0.4 is 5.32 Å². The van der Waals surface area contributed by atoms with Gasteiger partial charge in [-0.2, -0.15) is 5.26 Å². The number of aromatic hydroxyl groups is 1. The molecule has 3 rings (SSSR count). The molecule has 1 aliphatic heterocycles. The molecule has 0 saturated carbocycles. The second-order valence-corrected chi connectivity index (χ2v) is 9.57. The van der Waals surface area contributed by atoms with Gasteiger partial charge in [0.2, 0.25) is 0 Å². The van der Waals surface area contributed by atoms with Gasteiger partial charge in [-0.25, -0.2) is 4.98 Å². The topological polar surface area (TPSA) is 120 Å². The van der Waals surface area contributed by atoms with E-state index in [-0.39, 0.29) is 34.3 Å². The van der Waals surface area contributed by atoms with Gasteiger partial charge in [-0.05, 0) is 70.9 Å². The van der Waals surface area contributed by atoms with Gasteiger partial charge >= 0.3 is 0 Å². The Balaban J connectivity index is 1.77. The fourth-order valence-electron chi connectivity index (χ4n) is 4.55. The number of phenols is 1. The molecule has 0 bridgehead atoms. The third kappa shape index (κ3) is 5.09. The average molecular weight is 419 g/mol. The zero-order valence-corrected chi connectivity index (χ0v) is 18.7. The molecule has 31 heavy (non-hydrogen) atoms. The van der Waals surface area contributed by atoms with Crippen molar-refractivity contribution in [1.29, 1.82) is 16.1 Å². The van der Waals surface area contributed by atoms with Gasteiger partial charge in [0.1, 0.15) is 23.3 Å². The Bertz CT molecular complexity index is 1090. The van der Waals surface area contributed by atoms with Gasteiger partial charge in [-0.1, -0.05) is 0 Å². The summed E-state index contributed by atoms with van der Waals surface area (Å²) in [5.74, 6) is 0.246. The molecule has 1 fully saturated rings. The first kappa shape index (κ1) is 22.4. The van der Waals surface area contributed by atoms with Crippen molar-refractivity contribution in [3.05, 3.63) is 47.7 Å². The summed E-state index contributed by atoms with van der Waals surface area (Å²) in [6, 6.07) is 8.69. The Hall–Kier alpha value is -3.24. The molecular formula is C24H30N6O. The molecule has 7 nitrogen and oxygen atoms in total. The van der Waals surface area contributed by atoms with Gasteiger partial charge in [0.15, 0.2) is 0 Å². The van der Waals surface area contributed by atoms with Crippen molar-refractivity contribution in [2.24, 2.45) is 0 Å². The third-order valence-corrected chi connectivity index (χ3v) is 5.72. The van der Waals surface area contributed by atoms with Crippen molar-refractivity contribution < 1.29 is 5.11 Å². The van der Waals surface area contributed by atoms with Crippen molar-refractivity contribution in [2.45, 2.75) is 57.7 Å². The van der Waals surface area contributed by atoms with E-state index < -0.39 is 0 Å². The number of amidine groups is 1. The largest absolute Gasteiger partial charge is 0.507 e. The molecule has 0 amide bonds. The van der Waals surface area contributed by atoms with Gasteiger partial charge in [-0.15, -0.1) is 0 Å². The van der Waals surface area contributed by atoms with Crippen molar-refractivity contribution in [1.82, 2.24) is 15.2 Å². The highest BCUT2D eigenvalue weighted by atomic mass is 16.3. The number of pyridine rings is 1. The number of likely N-dealkylation sites (N-methyl/N-ethyl adjacent to an activating group) is 1. The lowest BCUT2D eigenvalue weighted by molar-refractivity contribution is 0.114. The van der Waals surface area contributed by atoms with Crippen molar-refractivity contribution >= 4 is 22.5 Å². The number of nitrogens with one attached hydrogen (secondary N) is 3. The first-order chi connectivity index (χ1) is 14.4. The number of nitrogens with zero attached hydrogens (tertiary/aromatic N) is 3. The normalized spacial score (nSPS) is 18.1. The summed E-state index contributed by atoms with van der Waals surface area (Å²) in [5, 5.41) is 40.6. The minimum absolute atomic E-state index is 0.0201. The molecule has 7 heteroatoms. The minimum Gasteiger partial charge on any atom is -0.507 e. The van der Waals surface area contributed by atoms with Crippen LogP contribution in [0.5, 0.6) is 5.75 Å². The summed E-state index contributed by atoms with van der Waals surface area (Å²) >= 11 is 0. The van der Waals surface area contributed by atoms with E-state index in [1.807, 2.05) is 18.0 Å². The summed E-state index contributed by atoms with van der Waals surface area (Å²) in [5.41, 5.74) is 1.19. The first-order valence-corrected chi connectivity index (χ1v) is 10.3. The second kappa shape index (κ2) is 8.12. The van der Waals surface area contributed by atoms with Crippen LogP contribution in [0.1, 0.15) is 51.8 Å². The molecule has 2 aromatic rings.